The SMILES string of the molecule is CCn1cc(OC(=O)O)c(=O)c2cc(F)c(F)cc21. The first kappa shape index (κ1) is 13.0. The molecule has 0 spiro atoms. The molecule has 0 unspecified atom stereocenters. The Hall–Kier alpha value is -2.44. The van der Waals surface area contributed by atoms with Crippen LogP contribution in [0.15, 0.2) is 23.1 Å². The molecule has 7 heteroatoms. The first-order valence-electron chi connectivity index (χ1n) is 5.37. The van der Waals surface area contributed by atoms with Crippen molar-refractivity contribution >= 4 is 17.1 Å². The highest BCUT2D eigenvalue weighted by Crippen LogP contribution is 2.19. The van der Waals surface area contributed by atoms with Gasteiger partial charge in [0.25, 0.3) is 0 Å². The normalized spacial score (nSPS) is 10.7. The Bertz CT molecular complexity index is 724. The molecule has 0 fully saturated rings. The Kier molecular flexibility index (Phi) is 3.20. The van der Waals surface area contributed by atoms with Crippen LogP contribution in [0.5, 0.6) is 5.75 Å². The Morgan fingerprint density at radius 3 is 2.58 bits per heavy atom. The van der Waals surface area contributed by atoms with E-state index in [-0.39, 0.29) is 10.9 Å². The highest BCUT2D eigenvalue weighted by molar-refractivity contribution is 5.81. The highest BCUT2D eigenvalue weighted by atomic mass is 19.2. The second-order valence-electron chi connectivity index (χ2n) is 3.76. The van der Waals surface area contributed by atoms with Crippen molar-refractivity contribution in [2.24, 2.45) is 0 Å². The van der Waals surface area contributed by atoms with Gasteiger partial charge >= 0.3 is 6.16 Å². The number of nitrogens with zero attached hydrogens (tertiary/aromatic N) is 1. The van der Waals surface area contributed by atoms with Crippen molar-refractivity contribution in [2.45, 2.75) is 13.5 Å². The van der Waals surface area contributed by atoms with Crippen molar-refractivity contribution in [1.82, 2.24) is 4.57 Å². The summed E-state index contributed by atoms with van der Waals surface area (Å²) < 4.78 is 32.1. The fourth-order valence-corrected chi connectivity index (χ4v) is 1.79. The third kappa shape index (κ3) is 2.26. The number of hydrogen-bond donors (Lipinski definition) is 1. The van der Waals surface area contributed by atoms with Crippen molar-refractivity contribution in [1.29, 1.82) is 0 Å². The Balaban J connectivity index is 2.83. The molecule has 0 atom stereocenters. The molecule has 0 aliphatic heterocycles. The van der Waals surface area contributed by atoms with Gasteiger partial charge in [0.05, 0.1) is 17.1 Å². The molecular weight excluding hydrogens is 260 g/mol. The molecule has 0 saturated carbocycles. The summed E-state index contributed by atoms with van der Waals surface area (Å²) in [6.07, 6.45) is -0.502. The number of aromatic nitrogens is 1. The van der Waals surface area contributed by atoms with Crippen LogP contribution in [-0.2, 0) is 6.54 Å². The lowest BCUT2D eigenvalue weighted by atomic mass is 10.2. The Morgan fingerprint density at radius 2 is 2.00 bits per heavy atom. The Labute approximate surface area is 105 Å². The summed E-state index contributed by atoms with van der Waals surface area (Å²) in [5, 5.41) is 8.38. The van der Waals surface area contributed by atoms with Crippen LogP contribution in [0.4, 0.5) is 13.6 Å². The first-order valence-corrected chi connectivity index (χ1v) is 5.37. The molecule has 2 rings (SSSR count). The first-order chi connectivity index (χ1) is 8.93. The van der Waals surface area contributed by atoms with Crippen LogP contribution in [0.1, 0.15) is 6.92 Å². The van der Waals surface area contributed by atoms with E-state index in [0.29, 0.717) is 6.54 Å². The topological polar surface area (TPSA) is 68.5 Å². The molecule has 1 N–H and O–H groups in total. The van der Waals surface area contributed by atoms with Gasteiger partial charge in [-0.2, -0.15) is 0 Å². The van der Waals surface area contributed by atoms with Gasteiger partial charge in [-0.25, -0.2) is 13.6 Å². The largest absolute Gasteiger partial charge is 0.511 e. The number of hydrogen-bond acceptors (Lipinski definition) is 3. The molecule has 100 valence electrons. The van der Waals surface area contributed by atoms with Gasteiger partial charge in [0.15, 0.2) is 17.4 Å². The van der Waals surface area contributed by atoms with E-state index in [9.17, 15) is 18.4 Å². The van der Waals surface area contributed by atoms with Gasteiger partial charge in [0.1, 0.15) is 0 Å². The van der Waals surface area contributed by atoms with Crippen LogP contribution in [0.2, 0.25) is 0 Å². The summed E-state index contributed by atoms with van der Waals surface area (Å²) >= 11 is 0. The Morgan fingerprint density at radius 1 is 1.37 bits per heavy atom. The van der Waals surface area contributed by atoms with Crippen LogP contribution in [-0.4, -0.2) is 15.8 Å². The fourth-order valence-electron chi connectivity index (χ4n) is 1.79. The number of pyridine rings is 1. The number of halogens is 2. The number of rotatable bonds is 2. The van der Waals surface area contributed by atoms with Gasteiger partial charge in [-0.05, 0) is 13.0 Å². The number of carbonyl (C=O) groups is 1. The van der Waals surface area contributed by atoms with Crippen LogP contribution in [0, 0.1) is 11.6 Å². The molecule has 0 aliphatic carbocycles. The van der Waals surface area contributed by atoms with Crippen molar-refractivity contribution in [3.05, 3.63) is 40.2 Å². The minimum atomic E-state index is -1.65. The summed E-state index contributed by atoms with van der Waals surface area (Å²) in [5.41, 5.74) is -0.634. The molecule has 0 aliphatic rings. The van der Waals surface area contributed by atoms with E-state index in [1.807, 2.05) is 0 Å². The lowest BCUT2D eigenvalue weighted by Gasteiger charge is -2.11. The van der Waals surface area contributed by atoms with E-state index in [1.54, 1.807) is 6.92 Å². The summed E-state index contributed by atoms with van der Waals surface area (Å²) in [6, 6.07) is 1.62. The second-order valence-corrected chi connectivity index (χ2v) is 3.76. The van der Waals surface area contributed by atoms with Crippen LogP contribution < -0.4 is 10.2 Å². The number of ether oxygens (including phenoxy) is 1. The van der Waals surface area contributed by atoms with E-state index in [0.717, 1.165) is 18.3 Å². The van der Waals surface area contributed by atoms with Crippen molar-refractivity contribution < 1.29 is 23.4 Å². The zero-order chi connectivity index (χ0) is 14.2. The van der Waals surface area contributed by atoms with Crippen LogP contribution in [0.3, 0.4) is 0 Å². The predicted molar refractivity (Wildman–Crippen MR) is 62.5 cm³/mol. The predicted octanol–water partition coefficient (Wildman–Crippen LogP) is 2.36. The number of carboxylic acid groups (broad SMARTS) is 1. The maximum Gasteiger partial charge on any atom is 0.511 e. The van der Waals surface area contributed by atoms with Gasteiger partial charge < -0.3 is 14.4 Å². The third-order valence-electron chi connectivity index (χ3n) is 2.63. The van der Waals surface area contributed by atoms with Gasteiger partial charge in [0, 0.05) is 12.6 Å². The molecule has 0 saturated heterocycles. The molecule has 0 amide bonds. The number of benzene rings is 1. The van der Waals surface area contributed by atoms with E-state index >= 15 is 0 Å². The van der Waals surface area contributed by atoms with Crippen LogP contribution in [0.25, 0.3) is 10.9 Å². The van der Waals surface area contributed by atoms with Crippen molar-refractivity contribution in [3.63, 3.8) is 0 Å². The smallest absolute Gasteiger partial charge is 0.449 e. The summed E-state index contributed by atoms with van der Waals surface area (Å²) in [6.45, 7) is 2.04. The second kappa shape index (κ2) is 4.68. The van der Waals surface area contributed by atoms with Crippen molar-refractivity contribution in [2.75, 3.05) is 0 Å². The molecule has 2 aromatic rings. The van der Waals surface area contributed by atoms with Gasteiger partial charge in [-0.1, -0.05) is 0 Å². The summed E-state index contributed by atoms with van der Waals surface area (Å²) in [4.78, 5) is 22.4. The standard InChI is InChI=1S/C12H9F2NO4/c1-2-15-5-10(19-12(17)18)11(16)6-3-7(13)8(14)4-9(6)15/h3-5H,2H2,1H3,(H,17,18). The molecule has 1 aromatic carbocycles. The molecule has 1 aromatic heterocycles. The average molecular weight is 269 g/mol. The van der Waals surface area contributed by atoms with E-state index in [4.69, 9.17) is 5.11 Å². The molecule has 1 heterocycles. The molecule has 0 radical (unpaired) electrons. The third-order valence-corrected chi connectivity index (χ3v) is 2.63. The number of aryl methyl sites for hydroxylation is 1. The molecule has 19 heavy (non-hydrogen) atoms. The van der Waals surface area contributed by atoms with Crippen LogP contribution >= 0.6 is 0 Å². The highest BCUT2D eigenvalue weighted by Gasteiger charge is 2.15. The summed E-state index contributed by atoms with van der Waals surface area (Å²) in [7, 11) is 0. The minimum Gasteiger partial charge on any atom is -0.449 e. The number of fused-ring (bicyclic) bond motifs is 1. The average Bonchev–Trinajstić information content (AvgIpc) is 2.35. The summed E-state index contributed by atoms with van der Waals surface area (Å²) in [5.74, 6) is -2.71. The van der Waals surface area contributed by atoms with E-state index in [1.165, 1.54) is 4.57 Å². The maximum absolute atomic E-state index is 13.2. The quantitative estimate of drug-likeness (QED) is 0.850. The molecule has 5 nitrogen and oxygen atoms in total. The lowest BCUT2D eigenvalue weighted by Crippen LogP contribution is -2.16. The lowest BCUT2D eigenvalue weighted by molar-refractivity contribution is 0.144. The molecular formula is C12H9F2NO4. The zero-order valence-electron chi connectivity index (χ0n) is 9.81. The monoisotopic (exact) mass is 269 g/mol. The maximum atomic E-state index is 13.2. The minimum absolute atomic E-state index is 0.139. The van der Waals surface area contributed by atoms with Gasteiger partial charge in [0.2, 0.25) is 5.43 Å². The zero-order valence-corrected chi connectivity index (χ0v) is 9.81. The fraction of sp³-hybridized carbons (Fsp3) is 0.167. The molecule has 0 bridgehead atoms. The van der Waals surface area contributed by atoms with E-state index in [2.05, 4.69) is 4.74 Å². The van der Waals surface area contributed by atoms with Gasteiger partial charge in [-0.3, -0.25) is 4.79 Å². The van der Waals surface area contributed by atoms with Crippen molar-refractivity contribution in [3.8, 4) is 5.75 Å². The van der Waals surface area contributed by atoms with Gasteiger partial charge in [-0.15, -0.1) is 0 Å². The van der Waals surface area contributed by atoms with E-state index < -0.39 is 29.0 Å².